The topological polar surface area (TPSA) is 37.4 Å². The minimum atomic E-state index is -3.81. The van der Waals surface area contributed by atoms with Gasteiger partial charge in [0, 0.05) is 12.6 Å². The van der Waals surface area contributed by atoms with Crippen molar-refractivity contribution in [2.45, 2.75) is 87.5 Å². The molecule has 0 unspecified atom stereocenters. The lowest BCUT2D eigenvalue weighted by atomic mass is 10.2. The Kier molecular flexibility index (Phi) is 10.1. The van der Waals surface area contributed by atoms with Gasteiger partial charge in [-0.15, -0.1) is 0 Å². The van der Waals surface area contributed by atoms with Crippen LogP contribution in [0, 0.1) is 6.92 Å². The lowest BCUT2D eigenvalue weighted by Gasteiger charge is -2.48. The van der Waals surface area contributed by atoms with E-state index in [1.807, 2.05) is 23.4 Å². The van der Waals surface area contributed by atoms with Gasteiger partial charge in [-0.2, -0.15) is 4.31 Å². The van der Waals surface area contributed by atoms with Gasteiger partial charge in [0.2, 0.25) is 10.0 Å². The number of hydrogen-bond acceptors (Lipinski definition) is 2. The molecule has 0 N–H and O–H groups in total. The summed E-state index contributed by atoms with van der Waals surface area (Å²) in [5.74, 6) is 0. The van der Waals surface area contributed by atoms with Crippen LogP contribution in [0.15, 0.2) is 150 Å². The molecule has 1 aliphatic heterocycles. The van der Waals surface area contributed by atoms with Crippen LogP contribution in [0.3, 0.4) is 0 Å². The number of sulfonamides is 1. The molecule has 1 saturated heterocycles. The summed E-state index contributed by atoms with van der Waals surface area (Å²) < 4.78 is 32.2. The predicted octanol–water partition coefficient (Wildman–Crippen LogP) is 8.25. The standard InChI is InChI=1S/C44H53NO2SSi2/c1-35-28-30-37(31-29-35)48(46,47)45-33-42(50(44(5,6)7,40-24-16-10-17-25-40)41-26-18-11-19-27-41)32-36(45)34-49(43(2,3)4,38-20-12-8-13-21-38)39-22-14-9-15-23-39/h8-31,36,42H,32-34H2,1-7H3/t36-,42+/m1/s1. The van der Waals surface area contributed by atoms with E-state index in [0.29, 0.717) is 11.4 Å². The van der Waals surface area contributed by atoms with E-state index in [-0.39, 0.29) is 21.7 Å². The molecule has 0 amide bonds. The molecule has 0 spiro atoms. The Morgan fingerprint density at radius 1 is 0.580 bits per heavy atom. The predicted molar refractivity (Wildman–Crippen MR) is 217 cm³/mol. The molecular formula is C44H53NO2SSi2. The monoisotopic (exact) mass is 715 g/mol. The molecule has 0 aromatic heterocycles. The van der Waals surface area contributed by atoms with Gasteiger partial charge in [-0.3, -0.25) is 0 Å². The SMILES string of the molecule is Cc1ccc(S(=O)(=O)N2C[C@@H]([Si](c3ccccc3)(c3ccccc3)C(C)(C)C)C[C@@H]2C[Si](c2ccccc2)(c2ccccc2)C(C)(C)C)cc1. The Morgan fingerprint density at radius 3 is 1.36 bits per heavy atom. The number of rotatable bonds is 9. The van der Waals surface area contributed by atoms with Crippen LogP contribution in [-0.2, 0) is 10.0 Å². The summed E-state index contributed by atoms with van der Waals surface area (Å²) in [7, 11) is -9.10. The van der Waals surface area contributed by atoms with Gasteiger partial charge in [0.1, 0.15) is 16.1 Å². The van der Waals surface area contributed by atoms with Gasteiger partial charge in [-0.05, 0) is 47.1 Å². The van der Waals surface area contributed by atoms with Crippen LogP contribution in [0.1, 0.15) is 53.5 Å². The maximum Gasteiger partial charge on any atom is 0.243 e. The zero-order valence-electron chi connectivity index (χ0n) is 30.8. The molecule has 260 valence electrons. The highest BCUT2D eigenvalue weighted by Gasteiger charge is 2.59. The lowest BCUT2D eigenvalue weighted by Crippen LogP contribution is -2.67. The molecule has 50 heavy (non-hydrogen) atoms. The number of hydrogen-bond donors (Lipinski definition) is 0. The lowest BCUT2D eigenvalue weighted by molar-refractivity contribution is 0.404. The molecule has 0 radical (unpaired) electrons. The van der Waals surface area contributed by atoms with Gasteiger partial charge in [-0.25, -0.2) is 8.42 Å². The normalized spacial score (nSPS) is 17.9. The van der Waals surface area contributed by atoms with Crippen molar-refractivity contribution in [1.82, 2.24) is 4.31 Å². The Balaban J connectivity index is 1.61. The van der Waals surface area contributed by atoms with Crippen LogP contribution in [0.2, 0.25) is 21.7 Å². The maximum absolute atomic E-state index is 15.1. The highest BCUT2D eigenvalue weighted by Crippen LogP contribution is 2.51. The molecule has 5 aromatic carbocycles. The van der Waals surface area contributed by atoms with Crippen LogP contribution in [0.5, 0.6) is 0 Å². The van der Waals surface area contributed by atoms with E-state index in [9.17, 15) is 0 Å². The van der Waals surface area contributed by atoms with Gasteiger partial charge in [0.05, 0.1) is 4.90 Å². The molecule has 6 rings (SSSR count). The molecule has 0 saturated carbocycles. The van der Waals surface area contributed by atoms with Crippen molar-refractivity contribution in [2.75, 3.05) is 6.54 Å². The number of aryl methyl sites for hydroxylation is 1. The summed E-state index contributed by atoms with van der Waals surface area (Å²) in [5.41, 5.74) is 1.22. The zero-order chi connectivity index (χ0) is 35.8. The molecule has 2 atom stereocenters. The maximum atomic E-state index is 15.1. The third-order valence-electron chi connectivity index (χ3n) is 11.6. The van der Waals surface area contributed by atoms with E-state index in [2.05, 4.69) is 163 Å². The number of nitrogens with zero attached hydrogens (tertiary/aromatic N) is 1. The summed E-state index contributed by atoms with van der Waals surface area (Å²) in [6.45, 7) is 16.9. The Bertz CT molecular complexity index is 1890. The van der Waals surface area contributed by atoms with Crippen LogP contribution < -0.4 is 20.7 Å². The quantitative estimate of drug-likeness (QED) is 0.144. The van der Waals surface area contributed by atoms with Crippen LogP contribution in [0.25, 0.3) is 0 Å². The molecule has 6 heteroatoms. The first-order valence-corrected chi connectivity index (χ1v) is 23.8. The van der Waals surface area contributed by atoms with Gasteiger partial charge >= 0.3 is 0 Å². The highest BCUT2D eigenvalue weighted by atomic mass is 32.2. The van der Waals surface area contributed by atoms with E-state index in [1.165, 1.54) is 20.7 Å². The van der Waals surface area contributed by atoms with E-state index in [1.54, 1.807) is 12.1 Å². The first-order chi connectivity index (χ1) is 23.7. The molecular weight excluding hydrogens is 663 g/mol. The van der Waals surface area contributed by atoms with Crippen molar-refractivity contribution in [3.8, 4) is 0 Å². The molecule has 5 aromatic rings. The van der Waals surface area contributed by atoms with E-state index in [0.717, 1.165) is 18.0 Å². The van der Waals surface area contributed by atoms with Crippen LogP contribution in [0.4, 0.5) is 0 Å². The van der Waals surface area contributed by atoms with Crippen LogP contribution >= 0.6 is 0 Å². The second kappa shape index (κ2) is 13.9. The van der Waals surface area contributed by atoms with Crippen molar-refractivity contribution in [2.24, 2.45) is 0 Å². The molecule has 1 fully saturated rings. The van der Waals surface area contributed by atoms with Gasteiger partial charge < -0.3 is 0 Å². The minimum absolute atomic E-state index is 0.0913. The van der Waals surface area contributed by atoms with Gasteiger partial charge in [0.15, 0.2) is 0 Å². The molecule has 0 aliphatic carbocycles. The third kappa shape index (κ3) is 6.29. The fraction of sp³-hybridized carbons (Fsp3) is 0.318. The van der Waals surface area contributed by atoms with E-state index < -0.39 is 26.2 Å². The summed E-state index contributed by atoms with van der Waals surface area (Å²) in [4.78, 5) is 0.388. The number of benzene rings is 5. The largest absolute Gasteiger partial charge is 0.243 e. The van der Waals surface area contributed by atoms with Crippen molar-refractivity contribution in [1.29, 1.82) is 0 Å². The molecule has 0 bridgehead atoms. The average Bonchev–Trinajstić information content (AvgIpc) is 3.53. The second-order valence-corrected chi connectivity index (χ2v) is 28.2. The van der Waals surface area contributed by atoms with Crippen molar-refractivity contribution >= 4 is 46.9 Å². The van der Waals surface area contributed by atoms with Gasteiger partial charge in [0.25, 0.3) is 0 Å². The average molecular weight is 716 g/mol. The summed E-state index contributed by atoms with van der Waals surface area (Å²) in [6.07, 6.45) is 0.822. The zero-order valence-corrected chi connectivity index (χ0v) is 33.6. The fourth-order valence-electron chi connectivity index (χ4n) is 9.42. The second-order valence-electron chi connectivity index (χ2n) is 16.4. The fourth-order valence-corrected chi connectivity index (χ4v) is 23.9. The molecule has 1 aliphatic rings. The first-order valence-electron chi connectivity index (χ1n) is 18.0. The Morgan fingerprint density at radius 2 is 0.980 bits per heavy atom. The minimum Gasteiger partial charge on any atom is -0.207 e. The van der Waals surface area contributed by atoms with E-state index >= 15 is 8.42 Å². The molecule has 3 nitrogen and oxygen atoms in total. The summed E-state index contributed by atoms with van der Waals surface area (Å²) in [5, 5.41) is 5.29. The first kappa shape index (κ1) is 36.2. The van der Waals surface area contributed by atoms with Crippen molar-refractivity contribution in [3.05, 3.63) is 151 Å². The van der Waals surface area contributed by atoms with E-state index in [4.69, 9.17) is 0 Å². The summed E-state index contributed by atoms with van der Waals surface area (Å²) >= 11 is 0. The highest BCUT2D eigenvalue weighted by molar-refractivity contribution is 7.89. The smallest absolute Gasteiger partial charge is 0.207 e. The van der Waals surface area contributed by atoms with Crippen molar-refractivity contribution < 1.29 is 8.42 Å². The van der Waals surface area contributed by atoms with Crippen molar-refractivity contribution in [3.63, 3.8) is 0 Å². The summed E-state index contributed by atoms with van der Waals surface area (Å²) in [6, 6.07) is 52.3. The third-order valence-corrected chi connectivity index (χ3v) is 26.3. The van der Waals surface area contributed by atoms with Crippen LogP contribution in [-0.4, -0.2) is 41.5 Å². The Labute approximate surface area is 303 Å². The Hall–Kier alpha value is -3.56. The molecule has 1 heterocycles. The van der Waals surface area contributed by atoms with Gasteiger partial charge in [-0.1, -0.05) is 201 Å².